The average Bonchev–Trinajstić information content (AvgIpc) is 2.93. The molecule has 1 aromatic heterocycles. The van der Waals surface area contributed by atoms with Crippen molar-refractivity contribution in [2.24, 2.45) is 11.8 Å². The Bertz CT molecular complexity index is 364. The highest BCUT2D eigenvalue weighted by atomic mass is 16.4. The molecule has 1 aliphatic carbocycles. The number of rotatable bonds is 6. The van der Waals surface area contributed by atoms with Gasteiger partial charge in [-0.25, -0.2) is 0 Å². The van der Waals surface area contributed by atoms with Crippen molar-refractivity contribution in [3.8, 4) is 0 Å². The SMILES string of the molecule is CC(C)NCc1nnc(NCC2CCCC2C)o1. The van der Waals surface area contributed by atoms with E-state index in [2.05, 4.69) is 41.6 Å². The third-order valence-electron chi connectivity index (χ3n) is 3.68. The maximum atomic E-state index is 5.53. The van der Waals surface area contributed by atoms with Crippen molar-refractivity contribution in [3.05, 3.63) is 5.89 Å². The molecule has 0 aromatic carbocycles. The Morgan fingerprint density at radius 1 is 1.33 bits per heavy atom. The molecule has 18 heavy (non-hydrogen) atoms. The van der Waals surface area contributed by atoms with Crippen LogP contribution in [0.5, 0.6) is 0 Å². The normalized spacial score (nSPS) is 23.8. The summed E-state index contributed by atoms with van der Waals surface area (Å²) in [6.45, 7) is 8.09. The molecular weight excluding hydrogens is 228 g/mol. The van der Waals surface area contributed by atoms with Gasteiger partial charge in [-0.05, 0) is 18.3 Å². The zero-order chi connectivity index (χ0) is 13.0. The summed E-state index contributed by atoms with van der Waals surface area (Å²) in [6, 6.07) is 0.974. The van der Waals surface area contributed by atoms with E-state index in [4.69, 9.17) is 4.42 Å². The first-order valence-electron chi connectivity index (χ1n) is 6.94. The van der Waals surface area contributed by atoms with Gasteiger partial charge in [-0.2, -0.15) is 0 Å². The fourth-order valence-electron chi connectivity index (χ4n) is 2.43. The van der Waals surface area contributed by atoms with Gasteiger partial charge in [0.05, 0.1) is 6.54 Å². The molecule has 2 atom stereocenters. The minimum absolute atomic E-state index is 0.424. The van der Waals surface area contributed by atoms with E-state index >= 15 is 0 Å². The average molecular weight is 252 g/mol. The lowest BCUT2D eigenvalue weighted by Crippen LogP contribution is -2.21. The van der Waals surface area contributed by atoms with Gasteiger partial charge in [-0.3, -0.25) is 0 Å². The van der Waals surface area contributed by atoms with Gasteiger partial charge in [0.2, 0.25) is 5.89 Å². The molecule has 2 N–H and O–H groups in total. The van der Waals surface area contributed by atoms with Crippen LogP contribution in [0.4, 0.5) is 6.01 Å². The van der Waals surface area contributed by atoms with Crippen molar-refractivity contribution in [2.75, 3.05) is 11.9 Å². The summed E-state index contributed by atoms with van der Waals surface area (Å²) >= 11 is 0. The molecule has 2 rings (SSSR count). The summed E-state index contributed by atoms with van der Waals surface area (Å²) < 4.78 is 5.53. The summed E-state index contributed by atoms with van der Waals surface area (Å²) in [5, 5.41) is 14.5. The predicted molar refractivity (Wildman–Crippen MR) is 71.3 cm³/mol. The van der Waals surface area contributed by atoms with Crippen LogP contribution in [0, 0.1) is 11.8 Å². The Kier molecular flexibility index (Phi) is 4.58. The molecule has 1 heterocycles. The summed E-state index contributed by atoms with van der Waals surface area (Å²) in [4.78, 5) is 0. The lowest BCUT2D eigenvalue weighted by atomic mass is 9.98. The highest BCUT2D eigenvalue weighted by Gasteiger charge is 2.23. The molecule has 0 bridgehead atoms. The molecule has 1 aliphatic rings. The van der Waals surface area contributed by atoms with Crippen LogP contribution in [0.3, 0.4) is 0 Å². The van der Waals surface area contributed by atoms with Gasteiger partial charge in [0, 0.05) is 12.6 Å². The van der Waals surface area contributed by atoms with Crippen molar-refractivity contribution in [3.63, 3.8) is 0 Å². The summed E-state index contributed by atoms with van der Waals surface area (Å²) in [6.07, 6.45) is 4.00. The van der Waals surface area contributed by atoms with E-state index in [1.807, 2.05) is 0 Å². The number of hydrogen-bond donors (Lipinski definition) is 2. The van der Waals surface area contributed by atoms with Crippen LogP contribution in [-0.2, 0) is 6.54 Å². The molecule has 1 saturated carbocycles. The molecule has 0 saturated heterocycles. The second-order valence-corrected chi connectivity index (χ2v) is 5.59. The Morgan fingerprint density at radius 3 is 2.83 bits per heavy atom. The van der Waals surface area contributed by atoms with Crippen LogP contribution in [-0.4, -0.2) is 22.8 Å². The van der Waals surface area contributed by atoms with Crippen molar-refractivity contribution < 1.29 is 4.42 Å². The Balaban J connectivity index is 1.76. The Morgan fingerprint density at radius 2 is 2.17 bits per heavy atom. The highest BCUT2D eigenvalue weighted by molar-refractivity contribution is 5.17. The first-order valence-corrected chi connectivity index (χ1v) is 6.94. The molecule has 0 aliphatic heterocycles. The van der Waals surface area contributed by atoms with Gasteiger partial charge in [0.15, 0.2) is 0 Å². The quantitative estimate of drug-likeness (QED) is 0.814. The van der Waals surface area contributed by atoms with Crippen molar-refractivity contribution >= 4 is 6.01 Å². The van der Waals surface area contributed by atoms with Crippen LogP contribution in [0.2, 0.25) is 0 Å². The molecule has 5 nitrogen and oxygen atoms in total. The molecule has 0 radical (unpaired) electrons. The van der Waals surface area contributed by atoms with E-state index in [1.165, 1.54) is 19.3 Å². The van der Waals surface area contributed by atoms with Gasteiger partial charge in [-0.15, -0.1) is 5.10 Å². The fraction of sp³-hybridized carbons (Fsp3) is 0.846. The Labute approximate surface area is 109 Å². The second-order valence-electron chi connectivity index (χ2n) is 5.59. The minimum Gasteiger partial charge on any atom is -0.407 e. The van der Waals surface area contributed by atoms with Crippen LogP contribution in [0.25, 0.3) is 0 Å². The predicted octanol–water partition coefficient (Wildman–Crippen LogP) is 2.42. The molecular formula is C13H24N4O. The fourth-order valence-corrected chi connectivity index (χ4v) is 2.43. The summed E-state index contributed by atoms with van der Waals surface area (Å²) in [7, 11) is 0. The summed E-state index contributed by atoms with van der Waals surface area (Å²) in [5.41, 5.74) is 0. The van der Waals surface area contributed by atoms with E-state index < -0.39 is 0 Å². The lowest BCUT2D eigenvalue weighted by molar-refractivity contribution is 0.425. The number of hydrogen-bond acceptors (Lipinski definition) is 5. The molecule has 5 heteroatoms. The third kappa shape index (κ3) is 3.70. The van der Waals surface area contributed by atoms with Crippen molar-refractivity contribution in [1.29, 1.82) is 0 Å². The monoisotopic (exact) mass is 252 g/mol. The third-order valence-corrected chi connectivity index (χ3v) is 3.68. The maximum absolute atomic E-state index is 5.53. The maximum Gasteiger partial charge on any atom is 0.315 e. The van der Waals surface area contributed by atoms with E-state index in [0.717, 1.165) is 18.4 Å². The zero-order valence-electron chi connectivity index (χ0n) is 11.6. The van der Waals surface area contributed by atoms with E-state index in [0.29, 0.717) is 24.5 Å². The van der Waals surface area contributed by atoms with E-state index in [9.17, 15) is 0 Å². The summed E-state index contributed by atoms with van der Waals surface area (Å²) in [5.74, 6) is 2.20. The van der Waals surface area contributed by atoms with Crippen LogP contribution >= 0.6 is 0 Å². The number of aromatic nitrogens is 2. The van der Waals surface area contributed by atoms with E-state index in [-0.39, 0.29) is 0 Å². The standard InChI is InChI=1S/C13H24N4O/c1-9(2)14-8-12-16-17-13(18-12)15-7-11-6-4-5-10(11)3/h9-11,14H,4-8H2,1-3H3,(H,15,17). The van der Waals surface area contributed by atoms with E-state index in [1.54, 1.807) is 0 Å². The van der Waals surface area contributed by atoms with Crippen LogP contribution in [0.1, 0.15) is 45.9 Å². The van der Waals surface area contributed by atoms with Crippen LogP contribution in [0.15, 0.2) is 4.42 Å². The van der Waals surface area contributed by atoms with Gasteiger partial charge in [-0.1, -0.05) is 38.7 Å². The highest BCUT2D eigenvalue weighted by Crippen LogP contribution is 2.31. The topological polar surface area (TPSA) is 63.0 Å². The van der Waals surface area contributed by atoms with Crippen molar-refractivity contribution in [1.82, 2.24) is 15.5 Å². The molecule has 0 amide bonds. The molecule has 1 fully saturated rings. The lowest BCUT2D eigenvalue weighted by Gasteiger charge is -2.14. The van der Waals surface area contributed by atoms with Crippen molar-refractivity contribution in [2.45, 2.75) is 52.6 Å². The molecule has 102 valence electrons. The molecule has 2 unspecified atom stereocenters. The van der Waals surface area contributed by atoms with Gasteiger partial charge < -0.3 is 15.1 Å². The van der Waals surface area contributed by atoms with Gasteiger partial charge >= 0.3 is 6.01 Å². The van der Waals surface area contributed by atoms with Crippen LogP contribution < -0.4 is 10.6 Å². The smallest absolute Gasteiger partial charge is 0.315 e. The largest absolute Gasteiger partial charge is 0.407 e. The van der Waals surface area contributed by atoms with Gasteiger partial charge in [0.1, 0.15) is 0 Å². The Hall–Kier alpha value is -1.10. The zero-order valence-corrected chi connectivity index (χ0v) is 11.6. The number of nitrogens with zero attached hydrogens (tertiary/aromatic N) is 2. The number of nitrogens with one attached hydrogen (secondary N) is 2. The first kappa shape index (κ1) is 13.3. The first-order chi connectivity index (χ1) is 8.65. The van der Waals surface area contributed by atoms with Gasteiger partial charge in [0.25, 0.3) is 0 Å². The molecule has 1 aromatic rings. The minimum atomic E-state index is 0.424. The second kappa shape index (κ2) is 6.18. The molecule has 0 spiro atoms. The number of anilines is 1.